The van der Waals surface area contributed by atoms with Gasteiger partial charge in [0.15, 0.2) is 0 Å². The fourth-order valence-electron chi connectivity index (χ4n) is 2.72. The summed E-state index contributed by atoms with van der Waals surface area (Å²) in [6.07, 6.45) is 8.23. The molecule has 2 N–H and O–H groups in total. The quantitative estimate of drug-likeness (QED) is 0.876. The molecule has 0 atom stereocenters. The molecular formula is C16H22N4. The molecule has 106 valence electrons. The van der Waals surface area contributed by atoms with Gasteiger partial charge in [-0.15, -0.1) is 0 Å². The lowest BCUT2D eigenvalue weighted by Gasteiger charge is -2.23. The van der Waals surface area contributed by atoms with E-state index in [2.05, 4.69) is 44.5 Å². The summed E-state index contributed by atoms with van der Waals surface area (Å²) in [6, 6.07) is 8.67. The van der Waals surface area contributed by atoms with E-state index in [1.165, 1.54) is 24.1 Å². The minimum atomic E-state index is 0.800. The second-order valence-corrected chi connectivity index (χ2v) is 5.51. The molecule has 4 heteroatoms. The van der Waals surface area contributed by atoms with Gasteiger partial charge in [-0.3, -0.25) is 0 Å². The van der Waals surface area contributed by atoms with Crippen LogP contribution in [0.1, 0.15) is 18.4 Å². The van der Waals surface area contributed by atoms with E-state index in [1.54, 1.807) is 0 Å². The number of benzene rings is 1. The van der Waals surface area contributed by atoms with Crippen LogP contribution in [0.15, 0.2) is 43.0 Å². The largest absolute Gasteiger partial charge is 0.385 e. The van der Waals surface area contributed by atoms with Gasteiger partial charge < -0.3 is 15.2 Å². The van der Waals surface area contributed by atoms with Gasteiger partial charge in [-0.1, -0.05) is 12.1 Å². The van der Waals surface area contributed by atoms with Crippen molar-refractivity contribution in [3.05, 3.63) is 48.5 Å². The standard InChI is InChI=1S/C16H22N4/c1-2-15(12-20-9-8-18-13-20)10-16(3-1)19-11-14-4-6-17-7-5-14/h1-3,8-10,13-14,17,19H,4-7,11-12H2. The molecule has 1 aliphatic heterocycles. The molecule has 0 saturated carbocycles. The lowest BCUT2D eigenvalue weighted by atomic mass is 9.98. The maximum atomic E-state index is 4.08. The second kappa shape index (κ2) is 6.57. The van der Waals surface area contributed by atoms with Crippen LogP contribution in [0, 0.1) is 5.92 Å². The molecular weight excluding hydrogens is 248 g/mol. The maximum Gasteiger partial charge on any atom is 0.0949 e. The third-order valence-electron chi connectivity index (χ3n) is 3.90. The van der Waals surface area contributed by atoms with Crippen molar-refractivity contribution in [2.45, 2.75) is 19.4 Å². The third kappa shape index (κ3) is 3.61. The molecule has 2 aromatic rings. The van der Waals surface area contributed by atoms with Gasteiger partial charge in [0.2, 0.25) is 0 Å². The van der Waals surface area contributed by atoms with Gasteiger partial charge in [-0.2, -0.15) is 0 Å². The minimum absolute atomic E-state index is 0.800. The predicted molar refractivity (Wildman–Crippen MR) is 81.9 cm³/mol. The molecule has 1 aromatic carbocycles. The van der Waals surface area contributed by atoms with Gasteiger partial charge in [0.1, 0.15) is 0 Å². The number of rotatable bonds is 5. The summed E-state index contributed by atoms with van der Waals surface area (Å²) in [6.45, 7) is 4.28. The number of nitrogens with zero attached hydrogens (tertiary/aromatic N) is 2. The number of piperidine rings is 1. The highest BCUT2D eigenvalue weighted by Crippen LogP contribution is 2.16. The monoisotopic (exact) mass is 270 g/mol. The summed E-state index contributed by atoms with van der Waals surface area (Å²) in [7, 11) is 0. The first-order chi connectivity index (χ1) is 9.90. The van der Waals surface area contributed by atoms with Crippen LogP contribution >= 0.6 is 0 Å². The van der Waals surface area contributed by atoms with Crippen LogP contribution in [-0.2, 0) is 6.54 Å². The van der Waals surface area contributed by atoms with Gasteiger partial charge >= 0.3 is 0 Å². The fraction of sp³-hybridized carbons (Fsp3) is 0.438. The van der Waals surface area contributed by atoms with E-state index < -0.39 is 0 Å². The van der Waals surface area contributed by atoms with Crippen molar-refractivity contribution in [2.75, 3.05) is 25.0 Å². The van der Waals surface area contributed by atoms with Gasteiger partial charge in [0, 0.05) is 31.2 Å². The van der Waals surface area contributed by atoms with Crippen LogP contribution in [0.3, 0.4) is 0 Å². The Morgan fingerprint density at radius 3 is 3.00 bits per heavy atom. The SMILES string of the molecule is c1cc(Cn2ccnc2)cc(NCC2CCNCC2)c1. The highest BCUT2D eigenvalue weighted by molar-refractivity contribution is 5.45. The van der Waals surface area contributed by atoms with Crippen molar-refractivity contribution in [1.82, 2.24) is 14.9 Å². The van der Waals surface area contributed by atoms with Crippen molar-refractivity contribution in [2.24, 2.45) is 5.92 Å². The highest BCUT2D eigenvalue weighted by atomic mass is 15.0. The van der Waals surface area contributed by atoms with Crippen LogP contribution in [0.4, 0.5) is 5.69 Å². The van der Waals surface area contributed by atoms with E-state index in [1.807, 2.05) is 18.7 Å². The lowest BCUT2D eigenvalue weighted by Crippen LogP contribution is -2.31. The topological polar surface area (TPSA) is 41.9 Å². The number of hydrogen-bond acceptors (Lipinski definition) is 3. The minimum Gasteiger partial charge on any atom is -0.385 e. The molecule has 0 aliphatic carbocycles. The lowest BCUT2D eigenvalue weighted by molar-refractivity contribution is 0.390. The Bertz CT molecular complexity index is 515. The second-order valence-electron chi connectivity index (χ2n) is 5.51. The molecule has 1 aromatic heterocycles. The zero-order chi connectivity index (χ0) is 13.6. The number of anilines is 1. The molecule has 0 spiro atoms. The Hall–Kier alpha value is -1.81. The van der Waals surface area contributed by atoms with Crippen LogP contribution in [0.2, 0.25) is 0 Å². The van der Waals surface area contributed by atoms with Crippen LogP contribution in [-0.4, -0.2) is 29.2 Å². The van der Waals surface area contributed by atoms with E-state index in [4.69, 9.17) is 0 Å². The number of nitrogens with one attached hydrogen (secondary N) is 2. The van der Waals surface area contributed by atoms with Crippen molar-refractivity contribution in [3.8, 4) is 0 Å². The summed E-state index contributed by atoms with van der Waals surface area (Å²) in [5.74, 6) is 0.800. The first-order valence-corrected chi connectivity index (χ1v) is 7.39. The Morgan fingerprint density at radius 2 is 2.20 bits per heavy atom. The molecule has 1 aliphatic rings. The van der Waals surface area contributed by atoms with Crippen LogP contribution < -0.4 is 10.6 Å². The van der Waals surface area contributed by atoms with E-state index in [-0.39, 0.29) is 0 Å². The van der Waals surface area contributed by atoms with Gasteiger partial charge in [0.05, 0.1) is 6.33 Å². The molecule has 0 unspecified atom stereocenters. The van der Waals surface area contributed by atoms with Crippen molar-refractivity contribution in [3.63, 3.8) is 0 Å². The normalized spacial score (nSPS) is 16.2. The van der Waals surface area contributed by atoms with Crippen molar-refractivity contribution < 1.29 is 0 Å². The molecule has 0 amide bonds. The molecule has 0 bridgehead atoms. The summed E-state index contributed by atoms with van der Waals surface area (Å²) in [5, 5.41) is 6.99. The maximum absolute atomic E-state index is 4.08. The van der Waals surface area contributed by atoms with E-state index in [0.717, 1.165) is 32.1 Å². The fourth-order valence-corrected chi connectivity index (χ4v) is 2.72. The zero-order valence-electron chi connectivity index (χ0n) is 11.8. The van der Waals surface area contributed by atoms with Crippen LogP contribution in [0.25, 0.3) is 0 Å². The predicted octanol–water partition coefficient (Wildman–Crippen LogP) is 2.34. The Labute approximate surface area is 120 Å². The van der Waals surface area contributed by atoms with Gasteiger partial charge in [-0.25, -0.2) is 4.98 Å². The third-order valence-corrected chi connectivity index (χ3v) is 3.90. The summed E-state index contributed by atoms with van der Waals surface area (Å²) < 4.78 is 2.09. The van der Waals surface area contributed by atoms with E-state index in [9.17, 15) is 0 Å². The average molecular weight is 270 g/mol. The molecule has 20 heavy (non-hydrogen) atoms. The summed E-state index contributed by atoms with van der Waals surface area (Å²) in [4.78, 5) is 4.08. The summed E-state index contributed by atoms with van der Waals surface area (Å²) in [5.41, 5.74) is 2.53. The molecule has 0 radical (unpaired) electrons. The number of imidazole rings is 1. The molecule has 2 heterocycles. The van der Waals surface area contributed by atoms with Gasteiger partial charge in [0.25, 0.3) is 0 Å². The summed E-state index contributed by atoms with van der Waals surface area (Å²) >= 11 is 0. The molecule has 4 nitrogen and oxygen atoms in total. The first kappa shape index (κ1) is 13.2. The molecule has 1 fully saturated rings. The van der Waals surface area contributed by atoms with Gasteiger partial charge in [-0.05, 0) is 49.5 Å². The van der Waals surface area contributed by atoms with E-state index in [0.29, 0.717) is 0 Å². The Morgan fingerprint density at radius 1 is 1.30 bits per heavy atom. The smallest absolute Gasteiger partial charge is 0.0949 e. The first-order valence-electron chi connectivity index (χ1n) is 7.39. The molecule has 1 saturated heterocycles. The zero-order valence-corrected chi connectivity index (χ0v) is 11.8. The average Bonchev–Trinajstić information content (AvgIpc) is 3.00. The Balaban J connectivity index is 1.56. The number of aromatic nitrogens is 2. The molecule has 3 rings (SSSR count). The number of hydrogen-bond donors (Lipinski definition) is 2. The van der Waals surface area contributed by atoms with Crippen LogP contribution in [0.5, 0.6) is 0 Å². The van der Waals surface area contributed by atoms with Crippen molar-refractivity contribution >= 4 is 5.69 Å². The highest BCUT2D eigenvalue weighted by Gasteiger charge is 2.12. The van der Waals surface area contributed by atoms with E-state index >= 15 is 0 Å². The van der Waals surface area contributed by atoms with Crippen molar-refractivity contribution in [1.29, 1.82) is 0 Å². The Kier molecular flexibility index (Phi) is 4.33.